The summed E-state index contributed by atoms with van der Waals surface area (Å²) < 4.78 is 38.3. The third-order valence-electron chi connectivity index (χ3n) is 11.3. The van der Waals surface area contributed by atoms with Crippen molar-refractivity contribution in [2.24, 2.45) is 11.8 Å². The molecule has 4 amide bonds. The van der Waals surface area contributed by atoms with Gasteiger partial charge in [-0.1, -0.05) is 63.8 Å². The molecule has 63 heavy (non-hydrogen) atoms. The van der Waals surface area contributed by atoms with E-state index in [1.807, 2.05) is 76.2 Å². The van der Waals surface area contributed by atoms with Crippen molar-refractivity contribution in [2.75, 3.05) is 54.5 Å². The number of rotatable bonds is 12. The maximum Gasteiger partial charge on any atom is 0.407 e. The number of aromatic amines is 2. The van der Waals surface area contributed by atoms with Gasteiger partial charge in [0.1, 0.15) is 29.8 Å². The summed E-state index contributed by atoms with van der Waals surface area (Å²) in [7, 11) is 1.62. The first-order valence-corrected chi connectivity index (χ1v) is 22.2. The number of hydrogen-bond donors (Lipinski definition) is 4. The summed E-state index contributed by atoms with van der Waals surface area (Å²) in [5.74, 6) is 6.58. The number of H-pyrrole nitrogens is 2. The lowest BCUT2D eigenvalue weighted by Crippen LogP contribution is -2.59. The molecule has 2 saturated heterocycles. The maximum atomic E-state index is 14.0. The second kappa shape index (κ2) is 19.9. The van der Waals surface area contributed by atoms with Crippen LogP contribution in [0.3, 0.4) is 0 Å². The Labute approximate surface area is 368 Å². The zero-order valence-electron chi connectivity index (χ0n) is 36.8. The Morgan fingerprint density at radius 3 is 1.59 bits per heavy atom. The largest absolute Gasteiger partial charge is 0.453 e. The van der Waals surface area contributed by atoms with Gasteiger partial charge in [-0.3, -0.25) is 9.59 Å². The van der Waals surface area contributed by atoms with Gasteiger partial charge in [-0.05, 0) is 60.1 Å². The van der Waals surface area contributed by atoms with Crippen LogP contribution in [-0.2, 0) is 29.3 Å². The fourth-order valence-corrected chi connectivity index (χ4v) is 8.79. The SMILES string of the molecule is COC(=O)N[C@H](C(=O)N1CCC[C@H]1c1ncc(-c2ccc(C#Cc3ccc(-c4cnc([C@@H]5CN(S(=O)(=O)N(C)C)CCN5C(=O)[C@@H](NC(=O)OC)C(C)C)[nH]4)cc3)cc2)[nH]1)C(C)C. The summed E-state index contributed by atoms with van der Waals surface area (Å²) in [6.45, 7) is 8.06. The molecule has 6 rings (SSSR count). The van der Waals surface area contributed by atoms with Gasteiger partial charge >= 0.3 is 12.2 Å². The molecule has 19 heteroatoms. The van der Waals surface area contributed by atoms with E-state index in [2.05, 4.69) is 42.4 Å². The fourth-order valence-electron chi connectivity index (χ4n) is 7.68. The molecule has 4 atom stereocenters. The van der Waals surface area contributed by atoms with Crippen LogP contribution < -0.4 is 10.6 Å². The predicted octanol–water partition coefficient (Wildman–Crippen LogP) is 4.28. The van der Waals surface area contributed by atoms with E-state index in [9.17, 15) is 27.6 Å². The summed E-state index contributed by atoms with van der Waals surface area (Å²) in [5.41, 5.74) is 4.79. The minimum absolute atomic E-state index is 0.0417. The van der Waals surface area contributed by atoms with Crippen molar-refractivity contribution < 1.29 is 37.1 Å². The summed E-state index contributed by atoms with van der Waals surface area (Å²) in [5, 5.41) is 5.30. The lowest BCUT2D eigenvalue weighted by atomic mass is 10.0. The molecule has 0 saturated carbocycles. The number of ether oxygens (including phenoxy) is 2. The highest BCUT2D eigenvalue weighted by Crippen LogP contribution is 2.33. The summed E-state index contributed by atoms with van der Waals surface area (Å²) in [6.07, 6.45) is 3.60. The van der Waals surface area contributed by atoms with Crippen molar-refractivity contribution in [3.8, 4) is 34.4 Å². The minimum Gasteiger partial charge on any atom is -0.453 e. The highest BCUT2D eigenvalue weighted by atomic mass is 32.2. The molecular weight excluding hydrogens is 829 g/mol. The average molecular weight is 885 g/mol. The molecule has 4 heterocycles. The van der Waals surface area contributed by atoms with Gasteiger partial charge in [0.05, 0.1) is 44.0 Å². The van der Waals surface area contributed by atoms with Crippen LogP contribution in [0.5, 0.6) is 0 Å². The quantitative estimate of drug-likeness (QED) is 0.148. The van der Waals surface area contributed by atoms with E-state index in [1.165, 1.54) is 32.6 Å². The Bertz CT molecular complexity index is 2440. The van der Waals surface area contributed by atoms with Gasteiger partial charge in [-0.2, -0.15) is 17.0 Å². The van der Waals surface area contributed by atoms with Gasteiger partial charge in [0.15, 0.2) is 0 Å². The van der Waals surface area contributed by atoms with Crippen LogP contribution in [0.1, 0.15) is 75.4 Å². The molecule has 0 radical (unpaired) electrons. The summed E-state index contributed by atoms with van der Waals surface area (Å²) in [6, 6.07) is 12.7. The van der Waals surface area contributed by atoms with Crippen molar-refractivity contribution in [2.45, 2.75) is 64.7 Å². The number of aromatic nitrogens is 4. The summed E-state index contributed by atoms with van der Waals surface area (Å²) >= 11 is 0. The number of methoxy groups -OCH3 is 2. The first kappa shape index (κ1) is 46.3. The van der Waals surface area contributed by atoms with Crippen LogP contribution >= 0.6 is 0 Å². The summed E-state index contributed by atoms with van der Waals surface area (Å²) in [4.78, 5) is 70.9. The van der Waals surface area contributed by atoms with Gasteiger partial charge in [-0.25, -0.2) is 19.6 Å². The Morgan fingerprint density at radius 2 is 1.16 bits per heavy atom. The van der Waals surface area contributed by atoms with E-state index in [0.29, 0.717) is 23.9 Å². The fraction of sp³-hybridized carbons (Fsp3) is 0.455. The Kier molecular flexibility index (Phi) is 14.6. The van der Waals surface area contributed by atoms with Crippen molar-refractivity contribution >= 4 is 34.2 Å². The van der Waals surface area contributed by atoms with E-state index in [0.717, 1.165) is 45.1 Å². The lowest BCUT2D eigenvalue weighted by molar-refractivity contribution is -0.139. The third-order valence-corrected chi connectivity index (χ3v) is 13.2. The van der Waals surface area contributed by atoms with Crippen molar-refractivity contribution in [3.63, 3.8) is 0 Å². The predicted molar refractivity (Wildman–Crippen MR) is 235 cm³/mol. The van der Waals surface area contributed by atoms with Crippen LogP contribution in [0.25, 0.3) is 22.5 Å². The van der Waals surface area contributed by atoms with Crippen LogP contribution in [-0.4, -0.2) is 137 Å². The Morgan fingerprint density at radius 1 is 0.714 bits per heavy atom. The van der Waals surface area contributed by atoms with Crippen LogP contribution in [0, 0.1) is 23.7 Å². The van der Waals surface area contributed by atoms with E-state index in [-0.39, 0.29) is 49.3 Å². The number of piperazine rings is 1. The number of carbonyl (C=O) groups is 4. The molecule has 4 N–H and O–H groups in total. The van der Waals surface area contributed by atoms with Gasteiger partial charge < -0.3 is 39.9 Å². The van der Waals surface area contributed by atoms with Crippen LogP contribution in [0.15, 0.2) is 60.9 Å². The van der Waals surface area contributed by atoms with Crippen molar-refractivity contribution in [1.29, 1.82) is 0 Å². The van der Waals surface area contributed by atoms with Gasteiger partial charge in [0.25, 0.3) is 10.2 Å². The molecule has 0 spiro atoms. The number of nitrogens with zero attached hydrogens (tertiary/aromatic N) is 6. The molecule has 2 aromatic carbocycles. The smallest absolute Gasteiger partial charge is 0.407 e. The molecule has 0 bridgehead atoms. The first-order valence-electron chi connectivity index (χ1n) is 20.8. The number of carbonyl (C=O) groups excluding carboxylic acids is 4. The normalized spacial score (nSPS) is 17.9. The number of alkyl carbamates (subject to hydrolysis) is 2. The lowest BCUT2D eigenvalue weighted by Gasteiger charge is -2.42. The number of imidazole rings is 2. The minimum atomic E-state index is -3.80. The Hall–Kier alpha value is -6.23. The molecule has 2 fully saturated rings. The van der Waals surface area contributed by atoms with E-state index in [4.69, 9.17) is 9.47 Å². The molecule has 2 aliphatic rings. The zero-order valence-corrected chi connectivity index (χ0v) is 37.7. The molecule has 336 valence electrons. The van der Waals surface area contributed by atoms with Crippen LogP contribution in [0.2, 0.25) is 0 Å². The van der Waals surface area contributed by atoms with Gasteiger partial charge in [0, 0.05) is 51.4 Å². The number of hydrogen-bond acceptors (Lipinski definition) is 10. The average Bonchev–Trinajstić information content (AvgIpc) is 4.08. The molecule has 2 aromatic heterocycles. The highest BCUT2D eigenvalue weighted by molar-refractivity contribution is 7.86. The molecular formula is C44H56N10O8S. The van der Waals surface area contributed by atoms with E-state index in [1.54, 1.807) is 22.2 Å². The topological polar surface area (TPSA) is 215 Å². The molecule has 18 nitrogen and oxygen atoms in total. The molecule has 0 unspecified atom stereocenters. The molecule has 2 aliphatic heterocycles. The number of benzene rings is 2. The maximum absolute atomic E-state index is 14.0. The zero-order chi connectivity index (χ0) is 45.6. The van der Waals surface area contributed by atoms with Crippen molar-refractivity contribution in [3.05, 3.63) is 83.7 Å². The standard InChI is InChI=1S/C44H56N10O8S/c1-27(2)37(49-43(57)61-7)41(55)53-21-9-10-35(53)39-45-24-33(47-39)31-17-13-29(14-18-31)11-12-30-15-19-32(20-16-30)34-25-46-40(48-34)36-26-52(63(59,60)51(5)6)22-23-54(36)42(56)38(28(3)4)50-44(58)62-8/h13-20,24-25,27-28,35-38H,9-10,21-23,26H2,1-8H3,(H,45,47)(H,46,48)(H,49,57)(H,50,58)/t35-,36-,37-,38-/m0/s1. The van der Waals surface area contributed by atoms with E-state index < -0.39 is 40.5 Å². The number of nitrogens with one attached hydrogen (secondary N) is 4. The molecule has 0 aliphatic carbocycles. The first-order chi connectivity index (χ1) is 30.0. The third kappa shape index (κ3) is 10.5. The number of amides is 4. The highest BCUT2D eigenvalue weighted by Gasteiger charge is 2.42. The van der Waals surface area contributed by atoms with Crippen molar-refractivity contribution in [1.82, 2.24) is 49.0 Å². The van der Waals surface area contributed by atoms with E-state index >= 15 is 0 Å². The van der Waals surface area contributed by atoms with Gasteiger partial charge in [-0.15, -0.1) is 0 Å². The molecule has 4 aromatic rings. The van der Waals surface area contributed by atoms with Crippen LogP contribution in [0.4, 0.5) is 9.59 Å². The Balaban J connectivity index is 1.13. The monoisotopic (exact) mass is 884 g/mol. The second-order valence-corrected chi connectivity index (χ2v) is 18.5. The second-order valence-electron chi connectivity index (χ2n) is 16.4. The number of likely N-dealkylation sites (tertiary alicyclic amines) is 1. The van der Waals surface area contributed by atoms with Gasteiger partial charge in [0.2, 0.25) is 11.8 Å².